The molecule has 0 aromatic heterocycles. The fourth-order valence-electron chi connectivity index (χ4n) is 1.52. The van der Waals surface area contributed by atoms with Crippen molar-refractivity contribution in [3.05, 3.63) is 0 Å². The van der Waals surface area contributed by atoms with Crippen LogP contribution >= 0.6 is 0 Å². The van der Waals surface area contributed by atoms with Gasteiger partial charge in [0.25, 0.3) is 0 Å². The Labute approximate surface area is 85.4 Å². The predicted octanol–water partition coefficient (Wildman–Crippen LogP) is 0.278. The summed E-state index contributed by atoms with van der Waals surface area (Å²) in [6, 6.07) is -0.153. The number of ether oxygens (including phenoxy) is 1. The molecule has 2 unspecified atom stereocenters. The molecule has 0 bridgehead atoms. The van der Waals surface area contributed by atoms with E-state index in [1.807, 2.05) is 20.8 Å². The largest absolute Gasteiger partial charge is 0.376 e. The number of hydrogen-bond donors (Lipinski definition) is 2. The van der Waals surface area contributed by atoms with Crippen molar-refractivity contribution in [3.63, 3.8) is 0 Å². The molecule has 0 aromatic carbocycles. The topological polar surface area (TPSA) is 50.4 Å². The van der Waals surface area contributed by atoms with E-state index in [2.05, 4.69) is 10.6 Å². The number of carbonyl (C=O) groups is 1. The van der Waals surface area contributed by atoms with Crippen molar-refractivity contribution in [3.8, 4) is 0 Å². The Kier molecular flexibility index (Phi) is 3.50. The van der Waals surface area contributed by atoms with E-state index in [1.165, 1.54) is 0 Å². The van der Waals surface area contributed by atoms with E-state index in [-0.39, 0.29) is 23.6 Å². The van der Waals surface area contributed by atoms with Crippen LogP contribution in [0.4, 0.5) is 0 Å². The monoisotopic (exact) mass is 200 g/mol. The van der Waals surface area contributed by atoms with Crippen molar-refractivity contribution in [1.29, 1.82) is 0 Å². The summed E-state index contributed by atoms with van der Waals surface area (Å²) in [4.78, 5) is 11.7. The van der Waals surface area contributed by atoms with E-state index in [0.29, 0.717) is 0 Å². The van der Waals surface area contributed by atoms with Crippen molar-refractivity contribution in [1.82, 2.24) is 10.6 Å². The summed E-state index contributed by atoms with van der Waals surface area (Å²) in [5.74, 6) is 0.0346. The average molecular weight is 200 g/mol. The summed E-state index contributed by atoms with van der Waals surface area (Å²) in [5, 5.41) is 5.95. The first-order valence-electron chi connectivity index (χ1n) is 5.10. The van der Waals surface area contributed by atoms with E-state index >= 15 is 0 Å². The lowest BCUT2D eigenvalue weighted by atomic mass is 9.94. The highest BCUT2D eigenvalue weighted by Crippen LogP contribution is 2.24. The third-order valence-electron chi connectivity index (χ3n) is 3.12. The van der Waals surface area contributed by atoms with Crippen LogP contribution in [-0.4, -0.2) is 37.2 Å². The van der Waals surface area contributed by atoms with Crippen LogP contribution in [0.1, 0.15) is 27.2 Å². The molecule has 0 saturated carbocycles. The molecule has 2 N–H and O–H groups in total. The molecule has 1 aliphatic rings. The van der Waals surface area contributed by atoms with Crippen LogP contribution in [0.2, 0.25) is 0 Å². The lowest BCUT2D eigenvalue weighted by molar-refractivity contribution is -0.125. The summed E-state index contributed by atoms with van der Waals surface area (Å²) in [6.45, 7) is 6.60. The van der Waals surface area contributed by atoms with Crippen LogP contribution in [0.3, 0.4) is 0 Å². The van der Waals surface area contributed by atoms with Gasteiger partial charge in [0.05, 0.1) is 17.7 Å². The number of carbonyl (C=O) groups excluding carboxylic acids is 1. The molecule has 82 valence electrons. The Morgan fingerprint density at radius 2 is 2.29 bits per heavy atom. The highest BCUT2D eigenvalue weighted by molar-refractivity contribution is 5.82. The number of rotatable bonds is 3. The maximum Gasteiger partial charge on any atom is 0.237 e. The molecule has 1 fully saturated rings. The number of hydrogen-bond acceptors (Lipinski definition) is 3. The van der Waals surface area contributed by atoms with Gasteiger partial charge in [-0.15, -0.1) is 0 Å². The van der Waals surface area contributed by atoms with Gasteiger partial charge < -0.3 is 15.4 Å². The van der Waals surface area contributed by atoms with E-state index < -0.39 is 0 Å². The van der Waals surface area contributed by atoms with Crippen molar-refractivity contribution < 1.29 is 9.53 Å². The van der Waals surface area contributed by atoms with Crippen LogP contribution < -0.4 is 10.6 Å². The van der Waals surface area contributed by atoms with Gasteiger partial charge in [0.15, 0.2) is 0 Å². The van der Waals surface area contributed by atoms with Gasteiger partial charge in [0.2, 0.25) is 5.91 Å². The molecule has 0 radical (unpaired) electrons. The van der Waals surface area contributed by atoms with Gasteiger partial charge in [-0.05, 0) is 34.2 Å². The number of amides is 1. The van der Waals surface area contributed by atoms with Gasteiger partial charge in [-0.3, -0.25) is 4.79 Å². The molecular weight excluding hydrogens is 180 g/mol. The summed E-state index contributed by atoms with van der Waals surface area (Å²) >= 11 is 0. The second-order valence-electron chi connectivity index (χ2n) is 4.18. The lowest BCUT2D eigenvalue weighted by Crippen LogP contribution is -2.55. The number of likely N-dealkylation sites (N-methyl/N-ethyl adjacent to an activating group) is 1. The van der Waals surface area contributed by atoms with Gasteiger partial charge in [-0.25, -0.2) is 0 Å². The molecular formula is C10H20N2O2. The van der Waals surface area contributed by atoms with E-state index in [1.54, 1.807) is 7.05 Å². The van der Waals surface area contributed by atoms with Crippen LogP contribution in [-0.2, 0) is 9.53 Å². The molecule has 0 aromatic rings. The molecule has 3 atom stereocenters. The summed E-state index contributed by atoms with van der Waals surface area (Å²) in [5.41, 5.74) is -0.206. The third-order valence-corrected chi connectivity index (χ3v) is 3.12. The molecule has 4 heteroatoms. The summed E-state index contributed by atoms with van der Waals surface area (Å²) in [7, 11) is 1.78. The first-order chi connectivity index (χ1) is 6.49. The Bertz CT molecular complexity index is 220. The quantitative estimate of drug-likeness (QED) is 0.688. The van der Waals surface area contributed by atoms with Gasteiger partial charge in [-0.2, -0.15) is 0 Å². The van der Waals surface area contributed by atoms with Crippen LogP contribution in [0.15, 0.2) is 0 Å². The smallest absolute Gasteiger partial charge is 0.237 e. The zero-order valence-corrected chi connectivity index (χ0v) is 9.39. The minimum Gasteiger partial charge on any atom is -0.376 e. The summed E-state index contributed by atoms with van der Waals surface area (Å²) in [6.07, 6.45) is 0.978. The van der Waals surface area contributed by atoms with Crippen molar-refractivity contribution >= 4 is 5.91 Å². The zero-order valence-electron chi connectivity index (χ0n) is 9.39. The Morgan fingerprint density at radius 3 is 2.71 bits per heavy atom. The fourth-order valence-corrected chi connectivity index (χ4v) is 1.52. The van der Waals surface area contributed by atoms with Gasteiger partial charge in [0.1, 0.15) is 0 Å². The second-order valence-corrected chi connectivity index (χ2v) is 4.18. The van der Waals surface area contributed by atoms with Crippen molar-refractivity contribution in [2.75, 3.05) is 13.7 Å². The van der Waals surface area contributed by atoms with E-state index in [0.717, 1.165) is 13.0 Å². The molecule has 1 aliphatic heterocycles. The zero-order chi connectivity index (χ0) is 10.8. The Balaban J connectivity index is 2.54. The minimum atomic E-state index is -0.206. The first-order valence-corrected chi connectivity index (χ1v) is 5.10. The van der Waals surface area contributed by atoms with E-state index in [4.69, 9.17) is 4.74 Å². The molecule has 4 nitrogen and oxygen atoms in total. The molecule has 1 rings (SSSR count). The van der Waals surface area contributed by atoms with Crippen molar-refractivity contribution in [2.24, 2.45) is 0 Å². The minimum absolute atomic E-state index is 0.0346. The molecule has 14 heavy (non-hydrogen) atoms. The predicted molar refractivity (Wildman–Crippen MR) is 55.1 cm³/mol. The molecule has 1 saturated heterocycles. The van der Waals surface area contributed by atoms with Gasteiger partial charge >= 0.3 is 0 Å². The van der Waals surface area contributed by atoms with Gasteiger partial charge in [0, 0.05) is 6.61 Å². The van der Waals surface area contributed by atoms with Crippen LogP contribution in [0.25, 0.3) is 0 Å². The molecule has 0 spiro atoms. The molecule has 0 aliphatic carbocycles. The second kappa shape index (κ2) is 4.28. The third kappa shape index (κ3) is 2.25. The maximum atomic E-state index is 11.7. The SMILES string of the molecule is CN[C@@H](C)C(=O)NC1(C)CCOC1C. The van der Waals surface area contributed by atoms with E-state index in [9.17, 15) is 4.79 Å². The summed E-state index contributed by atoms with van der Waals surface area (Å²) < 4.78 is 5.45. The standard InChI is InChI=1S/C10H20N2O2/c1-7(11-4)9(13)12-10(3)5-6-14-8(10)2/h7-8,11H,5-6H2,1-4H3,(H,12,13)/t7-,8?,10?/m0/s1. The molecule has 1 amide bonds. The van der Waals surface area contributed by atoms with Crippen LogP contribution in [0, 0.1) is 0 Å². The highest BCUT2D eigenvalue weighted by Gasteiger charge is 2.38. The Hall–Kier alpha value is -0.610. The van der Waals surface area contributed by atoms with Crippen LogP contribution in [0.5, 0.6) is 0 Å². The van der Waals surface area contributed by atoms with Gasteiger partial charge in [-0.1, -0.05) is 0 Å². The first kappa shape index (κ1) is 11.5. The number of nitrogens with one attached hydrogen (secondary N) is 2. The normalized spacial score (nSPS) is 34.1. The molecule has 1 heterocycles. The highest BCUT2D eigenvalue weighted by atomic mass is 16.5. The average Bonchev–Trinajstić information content (AvgIpc) is 2.45. The maximum absolute atomic E-state index is 11.7. The fraction of sp³-hybridized carbons (Fsp3) is 0.900. The Morgan fingerprint density at radius 1 is 1.64 bits per heavy atom. The van der Waals surface area contributed by atoms with Crippen molar-refractivity contribution in [2.45, 2.75) is 44.9 Å². The lowest BCUT2D eigenvalue weighted by Gasteiger charge is -2.30.